The molecule has 0 bridgehead atoms. The third-order valence-electron chi connectivity index (χ3n) is 4.10. The van der Waals surface area contributed by atoms with Crippen LogP contribution >= 0.6 is 0 Å². The Morgan fingerprint density at radius 1 is 1.24 bits per heavy atom. The second-order valence-electron chi connectivity index (χ2n) is 5.43. The fraction of sp³-hybridized carbons (Fsp3) is 0.412. The lowest BCUT2D eigenvalue weighted by molar-refractivity contribution is -0.142. The summed E-state index contributed by atoms with van der Waals surface area (Å²) in [7, 11) is 0. The van der Waals surface area contributed by atoms with E-state index in [1.54, 1.807) is 13.8 Å². The molecule has 110 valence electrons. The number of amides is 2. The highest BCUT2D eigenvalue weighted by atomic mass is 16.2. The van der Waals surface area contributed by atoms with Crippen molar-refractivity contribution in [3.63, 3.8) is 0 Å². The smallest absolute Gasteiger partial charge is 0.233 e. The number of nitrogens with two attached hydrogens (primary N) is 1. The Hall–Kier alpha value is -2.12. The third-order valence-corrected chi connectivity index (χ3v) is 4.10. The SMILES string of the molecule is CC1C(=O)N(C(C)c2cccc(C#CCN)c2)C(=O)C1C. The van der Waals surface area contributed by atoms with Gasteiger partial charge in [-0.3, -0.25) is 14.5 Å². The molecule has 1 aromatic carbocycles. The Morgan fingerprint density at radius 2 is 1.86 bits per heavy atom. The van der Waals surface area contributed by atoms with Crippen LogP contribution in [0, 0.1) is 23.7 Å². The second kappa shape index (κ2) is 6.11. The average molecular weight is 284 g/mol. The molecule has 1 aromatic rings. The molecular weight excluding hydrogens is 264 g/mol. The van der Waals surface area contributed by atoms with Crippen molar-refractivity contribution in [1.29, 1.82) is 0 Å². The van der Waals surface area contributed by atoms with E-state index < -0.39 is 0 Å². The van der Waals surface area contributed by atoms with Crippen LogP contribution in [0.3, 0.4) is 0 Å². The van der Waals surface area contributed by atoms with E-state index in [4.69, 9.17) is 5.73 Å². The van der Waals surface area contributed by atoms with Gasteiger partial charge in [-0.15, -0.1) is 0 Å². The Bertz CT molecular complexity index is 607. The summed E-state index contributed by atoms with van der Waals surface area (Å²) in [6.45, 7) is 5.79. The zero-order valence-corrected chi connectivity index (χ0v) is 12.6. The molecule has 0 aromatic heterocycles. The summed E-state index contributed by atoms with van der Waals surface area (Å²) in [4.78, 5) is 25.9. The molecule has 21 heavy (non-hydrogen) atoms. The Labute approximate surface area is 125 Å². The van der Waals surface area contributed by atoms with E-state index in [9.17, 15) is 9.59 Å². The Kier molecular flexibility index (Phi) is 4.44. The van der Waals surface area contributed by atoms with E-state index in [0.29, 0.717) is 6.54 Å². The summed E-state index contributed by atoms with van der Waals surface area (Å²) in [5.41, 5.74) is 7.11. The van der Waals surface area contributed by atoms with Crippen LogP contribution < -0.4 is 5.73 Å². The van der Waals surface area contributed by atoms with Crippen molar-refractivity contribution >= 4 is 11.8 Å². The van der Waals surface area contributed by atoms with Gasteiger partial charge in [0.1, 0.15) is 0 Å². The second-order valence-corrected chi connectivity index (χ2v) is 5.43. The molecule has 0 spiro atoms. The van der Waals surface area contributed by atoms with Crippen molar-refractivity contribution in [2.75, 3.05) is 6.54 Å². The average Bonchev–Trinajstić information content (AvgIpc) is 2.69. The first-order valence-electron chi connectivity index (χ1n) is 7.13. The lowest BCUT2D eigenvalue weighted by Gasteiger charge is -2.23. The first-order valence-corrected chi connectivity index (χ1v) is 7.13. The van der Waals surface area contributed by atoms with Gasteiger partial charge in [-0.05, 0) is 24.6 Å². The van der Waals surface area contributed by atoms with Crippen molar-refractivity contribution in [3.05, 3.63) is 35.4 Å². The maximum atomic E-state index is 12.3. The number of benzene rings is 1. The fourth-order valence-corrected chi connectivity index (χ4v) is 2.54. The van der Waals surface area contributed by atoms with Crippen molar-refractivity contribution < 1.29 is 9.59 Å². The van der Waals surface area contributed by atoms with Gasteiger partial charge >= 0.3 is 0 Å². The predicted molar refractivity (Wildman–Crippen MR) is 81.0 cm³/mol. The van der Waals surface area contributed by atoms with Crippen LogP contribution in [0.4, 0.5) is 0 Å². The summed E-state index contributed by atoms with van der Waals surface area (Å²) in [6.07, 6.45) is 0. The molecule has 0 radical (unpaired) electrons. The number of likely N-dealkylation sites (tertiary alicyclic amines) is 1. The Balaban J connectivity index is 2.30. The van der Waals surface area contributed by atoms with E-state index in [2.05, 4.69) is 11.8 Å². The van der Waals surface area contributed by atoms with Crippen LogP contribution in [0.1, 0.15) is 37.9 Å². The Morgan fingerprint density at radius 3 is 2.43 bits per heavy atom. The highest BCUT2D eigenvalue weighted by Crippen LogP contribution is 2.33. The molecule has 2 N–H and O–H groups in total. The van der Waals surface area contributed by atoms with Gasteiger partial charge in [0, 0.05) is 17.4 Å². The van der Waals surface area contributed by atoms with Crippen LogP contribution in [0.5, 0.6) is 0 Å². The summed E-state index contributed by atoms with van der Waals surface area (Å²) in [5, 5.41) is 0. The number of hydrogen-bond donors (Lipinski definition) is 1. The summed E-state index contributed by atoms with van der Waals surface area (Å²) in [5.74, 6) is 5.07. The van der Waals surface area contributed by atoms with Gasteiger partial charge in [-0.2, -0.15) is 0 Å². The molecule has 3 unspecified atom stereocenters. The standard InChI is InChI=1S/C17H20N2O2/c1-11-12(2)17(21)19(16(11)20)13(3)15-8-4-6-14(10-15)7-5-9-18/h4,6,8,10-13H,9,18H2,1-3H3. The summed E-state index contributed by atoms with van der Waals surface area (Å²) < 4.78 is 0. The molecular formula is C17H20N2O2. The minimum absolute atomic E-state index is 0.0987. The van der Waals surface area contributed by atoms with Gasteiger partial charge in [0.05, 0.1) is 12.6 Å². The largest absolute Gasteiger partial charge is 0.320 e. The predicted octanol–water partition coefficient (Wildman–Crippen LogP) is 1.70. The highest BCUT2D eigenvalue weighted by Gasteiger charge is 2.44. The molecule has 0 saturated carbocycles. The fourth-order valence-electron chi connectivity index (χ4n) is 2.54. The maximum Gasteiger partial charge on any atom is 0.233 e. The maximum absolute atomic E-state index is 12.3. The van der Waals surface area contributed by atoms with Gasteiger partial charge in [0.25, 0.3) is 0 Å². The van der Waals surface area contributed by atoms with Gasteiger partial charge < -0.3 is 5.73 Å². The van der Waals surface area contributed by atoms with Crippen molar-refractivity contribution in [3.8, 4) is 11.8 Å². The minimum atomic E-state index is -0.281. The monoisotopic (exact) mass is 284 g/mol. The number of carbonyl (C=O) groups excluding carboxylic acids is 2. The lowest BCUT2D eigenvalue weighted by Crippen LogP contribution is -2.33. The molecule has 1 aliphatic heterocycles. The molecule has 4 heteroatoms. The van der Waals surface area contributed by atoms with Crippen molar-refractivity contribution in [2.24, 2.45) is 17.6 Å². The van der Waals surface area contributed by atoms with E-state index in [-0.39, 0.29) is 29.7 Å². The van der Waals surface area contributed by atoms with Crippen LogP contribution in [-0.4, -0.2) is 23.3 Å². The molecule has 4 nitrogen and oxygen atoms in total. The molecule has 0 aliphatic carbocycles. The lowest BCUT2D eigenvalue weighted by atomic mass is 10.00. The van der Waals surface area contributed by atoms with Gasteiger partial charge in [-0.1, -0.05) is 37.8 Å². The van der Waals surface area contributed by atoms with Crippen molar-refractivity contribution in [1.82, 2.24) is 4.90 Å². The number of carbonyl (C=O) groups is 2. The molecule has 1 fully saturated rings. The third kappa shape index (κ3) is 2.84. The molecule has 2 amide bonds. The topological polar surface area (TPSA) is 63.4 Å². The van der Waals surface area contributed by atoms with E-state index in [1.807, 2.05) is 31.2 Å². The molecule has 1 heterocycles. The first-order chi connectivity index (χ1) is 9.97. The van der Waals surface area contributed by atoms with E-state index >= 15 is 0 Å². The van der Waals surface area contributed by atoms with Gasteiger partial charge in [0.15, 0.2) is 0 Å². The number of imide groups is 1. The molecule has 3 atom stereocenters. The van der Waals surface area contributed by atoms with E-state index in [1.165, 1.54) is 4.90 Å². The number of nitrogens with zero attached hydrogens (tertiary/aromatic N) is 1. The molecule has 2 rings (SSSR count). The normalized spacial score (nSPS) is 23.0. The summed E-state index contributed by atoms with van der Waals surface area (Å²) >= 11 is 0. The quantitative estimate of drug-likeness (QED) is 0.664. The summed E-state index contributed by atoms with van der Waals surface area (Å²) in [6, 6.07) is 7.30. The number of rotatable bonds is 2. The zero-order chi connectivity index (χ0) is 15.6. The van der Waals surface area contributed by atoms with Crippen LogP contribution in [-0.2, 0) is 9.59 Å². The van der Waals surface area contributed by atoms with Crippen LogP contribution in [0.2, 0.25) is 0 Å². The molecule has 1 aliphatic rings. The van der Waals surface area contributed by atoms with Crippen LogP contribution in [0.15, 0.2) is 24.3 Å². The van der Waals surface area contributed by atoms with Crippen molar-refractivity contribution in [2.45, 2.75) is 26.8 Å². The van der Waals surface area contributed by atoms with Crippen LogP contribution in [0.25, 0.3) is 0 Å². The highest BCUT2D eigenvalue weighted by molar-refractivity contribution is 6.05. The minimum Gasteiger partial charge on any atom is -0.320 e. The van der Waals surface area contributed by atoms with Gasteiger partial charge in [0.2, 0.25) is 11.8 Å². The molecule has 1 saturated heterocycles. The number of hydrogen-bond acceptors (Lipinski definition) is 3. The zero-order valence-electron chi connectivity index (χ0n) is 12.6. The van der Waals surface area contributed by atoms with E-state index in [0.717, 1.165) is 11.1 Å². The van der Waals surface area contributed by atoms with Gasteiger partial charge in [-0.25, -0.2) is 0 Å². The first kappa shape index (κ1) is 15.3.